The number of halogens is 1. The number of hydrogen-bond donors (Lipinski definition) is 1. The number of nitrogens with one attached hydrogen (secondary N) is 1. The van der Waals surface area contributed by atoms with E-state index in [0.717, 1.165) is 38.6 Å². The Labute approximate surface area is 180 Å². The highest BCUT2D eigenvalue weighted by Crippen LogP contribution is 2.52. The maximum Gasteiger partial charge on any atom is 0.194 e. The van der Waals surface area contributed by atoms with Crippen LogP contribution in [0.5, 0.6) is 0 Å². The minimum absolute atomic E-state index is 0. The molecule has 1 aliphatic carbocycles. The molecule has 0 radical (unpaired) electrons. The van der Waals surface area contributed by atoms with Gasteiger partial charge in [0.25, 0.3) is 0 Å². The maximum atomic E-state index is 5.94. The first-order valence-corrected chi connectivity index (χ1v) is 10.0. The van der Waals surface area contributed by atoms with Crippen molar-refractivity contribution in [3.63, 3.8) is 0 Å². The topological polar surface area (TPSA) is 36.9 Å². The molecule has 4 rings (SSSR count). The Morgan fingerprint density at radius 3 is 2.74 bits per heavy atom. The molecular weight excluding hydrogens is 449 g/mol. The first-order chi connectivity index (χ1) is 12.6. The molecule has 5 heteroatoms. The third-order valence-electron chi connectivity index (χ3n) is 6.35. The summed E-state index contributed by atoms with van der Waals surface area (Å²) in [7, 11) is 0. The third-order valence-corrected chi connectivity index (χ3v) is 6.35. The van der Waals surface area contributed by atoms with Crippen molar-refractivity contribution in [1.29, 1.82) is 0 Å². The molecule has 27 heavy (non-hydrogen) atoms. The van der Waals surface area contributed by atoms with E-state index in [1.165, 1.54) is 17.6 Å². The lowest BCUT2D eigenvalue weighted by Crippen LogP contribution is -2.68. The first kappa shape index (κ1) is 20.6. The Hall–Kier alpha value is -1.08. The number of aliphatic imine (C=N–C) groups is 1. The molecule has 0 amide bonds. The minimum atomic E-state index is 0. The largest absolute Gasteiger partial charge is 0.377 e. The molecule has 3 unspecified atom stereocenters. The van der Waals surface area contributed by atoms with Crippen molar-refractivity contribution in [3.05, 3.63) is 42.0 Å². The lowest BCUT2D eigenvalue weighted by molar-refractivity contribution is -0.107. The predicted octanol–water partition coefficient (Wildman–Crippen LogP) is 4.17. The number of guanidine groups is 1. The van der Waals surface area contributed by atoms with Gasteiger partial charge in [-0.15, -0.1) is 24.0 Å². The van der Waals surface area contributed by atoms with Crippen LogP contribution in [-0.4, -0.2) is 49.2 Å². The van der Waals surface area contributed by atoms with Crippen LogP contribution in [0.4, 0.5) is 0 Å². The molecule has 148 valence electrons. The van der Waals surface area contributed by atoms with Crippen LogP contribution < -0.4 is 5.32 Å². The molecule has 1 aromatic rings. The molecule has 2 aliphatic heterocycles. The molecule has 1 N–H and O–H groups in total. The van der Waals surface area contributed by atoms with Crippen LogP contribution in [0, 0.1) is 11.3 Å². The lowest BCUT2D eigenvalue weighted by atomic mass is 9.57. The van der Waals surface area contributed by atoms with Crippen molar-refractivity contribution in [2.75, 3.05) is 26.2 Å². The van der Waals surface area contributed by atoms with Gasteiger partial charge < -0.3 is 15.0 Å². The normalized spacial score (nSPS) is 29.3. The predicted molar refractivity (Wildman–Crippen MR) is 123 cm³/mol. The quantitative estimate of drug-likeness (QED) is 0.400. The Morgan fingerprint density at radius 1 is 1.30 bits per heavy atom. The van der Waals surface area contributed by atoms with Gasteiger partial charge >= 0.3 is 0 Å². The Morgan fingerprint density at radius 2 is 2.07 bits per heavy atom. The molecule has 0 spiro atoms. The van der Waals surface area contributed by atoms with E-state index >= 15 is 0 Å². The summed E-state index contributed by atoms with van der Waals surface area (Å²) in [5.41, 5.74) is 2.97. The monoisotopic (exact) mass is 481 g/mol. The van der Waals surface area contributed by atoms with Gasteiger partial charge in [0.1, 0.15) is 0 Å². The second-order valence-corrected chi connectivity index (χ2v) is 8.28. The van der Waals surface area contributed by atoms with E-state index in [9.17, 15) is 0 Å². The second kappa shape index (κ2) is 8.52. The summed E-state index contributed by atoms with van der Waals surface area (Å²) in [5, 5.41) is 3.81. The molecular formula is C22H32IN3O. The van der Waals surface area contributed by atoms with Crippen LogP contribution in [0.2, 0.25) is 0 Å². The van der Waals surface area contributed by atoms with E-state index in [1.807, 2.05) is 0 Å². The van der Waals surface area contributed by atoms with Crippen molar-refractivity contribution in [3.8, 4) is 0 Å². The van der Waals surface area contributed by atoms with E-state index in [0.29, 0.717) is 18.1 Å². The summed E-state index contributed by atoms with van der Waals surface area (Å²) in [6.45, 7) is 10.4. The molecule has 3 atom stereocenters. The highest BCUT2D eigenvalue weighted by Gasteiger charge is 2.59. The summed E-state index contributed by atoms with van der Waals surface area (Å²) < 4.78 is 5.94. The molecule has 2 heterocycles. The zero-order valence-corrected chi connectivity index (χ0v) is 19.0. The van der Waals surface area contributed by atoms with Crippen LogP contribution in [0.25, 0.3) is 5.57 Å². The lowest BCUT2D eigenvalue weighted by Gasteiger charge is -2.55. The highest BCUT2D eigenvalue weighted by atomic mass is 127. The maximum absolute atomic E-state index is 5.94. The average Bonchev–Trinajstić information content (AvgIpc) is 3.13. The van der Waals surface area contributed by atoms with Crippen molar-refractivity contribution in [2.24, 2.45) is 16.3 Å². The molecule has 3 aliphatic rings. The summed E-state index contributed by atoms with van der Waals surface area (Å²) in [4.78, 5) is 7.21. The van der Waals surface area contributed by atoms with E-state index in [4.69, 9.17) is 9.73 Å². The summed E-state index contributed by atoms with van der Waals surface area (Å²) >= 11 is 0. The zero-order valence-electron chi connectivity index (χ0n) is 16.6. The fourth-order valence-corrected chi connectivity index (χ4v) is 4.92. The van der Waals surface area contributed by atoms with Gasteiger partial charge in [0.15, 0.2) is 5.96 Å². The van der Waals surface area contributed by atoms with Crippen LogP contribution in [0.1, 0.15) is 39.2 Å². The number of benzene rings is 1. The van der Waals surface area contributed by atoms with Crippen LogP contribution in [0.15, 0.2) is 41.4 Å². The van der Waals surface area contributed by atoms with Gasteiger partial charge in [-0.25, -0.2) is 0 Å². The van der Waals surface area contributed by atoms with E-state index in [1.54, 1.807) is 0 Å². The minimum Gasteiger partial charge on any atom is -0.377 e. The highest BCUT2D eigenvalue weighted by molar-refractivity contribution is 14.0. The molecule has 4 nitrogen and oxygen atoms in total. The van der Waals surface area contributed by atoms with Crippen LogP contribution in [0.3, 0.4) is 0 Å². The SMILES string of the molecule is CCN=C(NC1C2CCOC2C1(C)C)N1CC=C(c2ccccc2)CC1.I. The van der Waals surface area contributed by atoms with Gasteiger partial charge in [-0.3, -0.25) is 4.99 Å². The van der Waals surface area contributed by atoms with E-state index in [-0.39, 0.29) is 29.4 Å². The fraction of sp³-hybridized carbons (Fsp3) is 0.591. The van der Waals surface area contributed by atoms with E-state index < -0.39 is 0 Å². The average molecular weight is 481 g/mol. The third kappa shape index (κ3) is 3.90. The molecule has 1 saturated carbocycles. The number of nitrogens with zero attached hydrogens (tertiary/aromatic N) is 2. The summed E-state index contributed by atoms with van der Waals surface area (Å²) in [5.74, 6) is 1.70. The van der Waals surface area contributed by atoms with Gasteiger partial charge in [0, 0.05) is 43.6 Å². The zero-order chi connectivity index (χ0) is 18.1. The first-order valence-electron chi connectivity index (χ1n) is 10.0. The molecule has 1 saturated heterocycles. The van der Waals surface area contributed by atoms with Crippen molar-refractivity contribution in [2.45, 2.75) is 45.8 Å². The van der Waals surface area contributed by atoms with Gasteiger partial charge in [-0.2, -0.15) is 0 Å². The van der Waals surface area contributed by atoms with Crippen LogP contribution in [-0.2, 0) is 4.74 Å². The summed E-state index contributed by atoms with van der Waals surface area (Å²) in [6, 6.07) is 11.2. The van der Waals surface area contributed by atoms with Crippen molar-refractivity contribution in [1.82, 2.24) is 10.2 Å². The Kier molecular flexibility index (Phi) is 6.51. The number of hydrogen-bond acceptors (Lipinski definition) is 2. The van der Waals surface area contributed by atoms with Gasteiger partial charge in [0.2, 0.25) is 0 Å². The number of fused-ring (bicyclic) bond motifs is 1. The number of ether oxygens (including phenoxy) is 1. The van der Waals surface area contributed by atoms with Crippen molar-refractivity contribution >= 4 is 35.5 Å². The molecule has 0 aromatic heterocycles. The Bertz CT molecular complexity index is 701. The standard InChI is InChI=1S/C22H31N3O.HI/c1-4-23-21(24-19-18-12-15-26-20(18)22(19,2)3)25-13-10-17(11-14-25)16-8-6-5-7-9-16;/h5-10,18-20H,4,11-15H2,1-3H3,(H,23,24);1H. The summed E-state index contributed by atoms with van der Waals surface area (Å²) in [6.07, 6.45) is 5.01. The van der Waals surface area contributed by atoms with Crippen molar-refractivity contribution < 1.29 is 4.74 Å². The second-order valence-electron chi connectivity index (χ2n) is 8.28. The Balaban J connectivity index is 0.00000210. The van der Waals surface area contributed by atoms with Gasteiger partial charge in [-0.05, 0) is 30.9 Å². The molecule has 0 bridgehead atoms. The van der Waals surface area contributed by atoms with Crippen LogP contribution >= 0.6 is 24.0 Å². The number of rotatable bonds is 3. The smallest absolute Gasteiger partial charge is 0.194 e. The van der Waals surface area contributed by atoms with Gasteiger partial charge in [-0.1, -0.05) is 50.3 Å². The fourth-order valence-electron chi connectivity index (χ4n) is 4.92. The van der Waals surface area contributed by atoms with E-state index in [2.05, 4.69) is 67.4 Å². The molecule has 1 aromatic carbocycles. The van der Waals surface area contributed by atoms with Gasteiger partial charge in [0.05, 0.1) is 6.10 Å². The molecule has 2 fully saturated rings.